The average Bonchev–Trinajstić information content (AvgIpc) is 3.58. The second-order valence-corrected chi connectivity index (χ2v) is 9.09. The van der Waals surface area contributed by atoms with Gasteiger partial charge in [0.2, 0.25) is 0 Å². The summed E-state index contributed by atoms with van der Waals surface area (Å²) in [6, 6.07) is 40.4. The van der Waals surface area contributed by atoms with Crippen molar-refractivity contribution in [3.63, 3.8) is 0 Å². The van der Waals surface area contributed by atoms with Gasteiger partial charge in [-0.2, -0.15) is 0 Å². The van der Waals surface area contributed by atoms with Crippen LogP contribution < -0.4 is 9.64 Å². The molecule has 0 aliphatic carbocycles. The fourth-order valence-electron chi connectivity index (χ4n) is 4.71. The zero-order chi connectivity index (χ0) is 26.2. The summed E-state index contributed by atoms with van der Waals surface area (Å²) in [6.07, 6.45) is 3.68. The van der Waals surface area contributed by atoms with E-state index in [-0.39, 0.29) is 21.1 Å². The number of para-hydroxylation sites is 2. The maximum absolute atomic E-state index is 6.42. The van der Waals surface area contributed by atoms with Gasteiger partial charge in [0, 0.05) is 53.3 Å². The number of aryl methyl sites for hydroxylation is 1. The second-order valence-electron chi connectivity index (χ2n) is 9.09. The van der Waals surface area contributed by atoms with Gasteiger partial charge in [-0.25, -0.2) is 10.1 Å². The van der Waals surface area contributed by atoms with Gasteiger partial charge < -0.3 is 14.1 Å². The van der Waals surface area contributed by atoms with Gasteiger partial charge in [-0.1, -0.05) is 60.0 Å². The summed E-state index contributed by atoms with van der Waals surface area (Å²) in [7, 11) is 1.89. The Labute approximate surface area is 245 Å². The Morgan fingerprint density at radius 3 is 2.42 bits per heavy atom. The van der Waals surface area contributed by atoms with E-state index in [0.717, 1.165) is 39.1 Å². The van der Waals surface area contributed by atoms with E-state index in [4.69, 9.17) is 9.15 Å². The minimum atomic E-state index is 0. The van der Waals surface area contributed by atoms with Crippen molar-refractivity contribution in [1.29, 1.82) is 0 Å². The zero-order valence-electron chi connectivity index (χ0n) is 21.4. The Morgan fingerprint density at radius 1 is 0.800 bits per heavy atom. The van der Waals surface area contributed by atoms with Gasteiger partial charge in [-0.3, -0.25) is 4.68 Å². The van der Waals surface area contributed by atoms with Crippen LogP contribution in [0.5, 0.6) is 11.5 Å². The molecule has 0 aliphatic heterocycles. The molecule has 0 saturated heterocycles. The molecule has 7 rings (SSSR count). The van der Waals surface area contributed by atoms with Gasteiger partial charge >= 0.3 is 21.1 Å². The Kier molecular flexibility index (Phi) is 6.93. The van der Waals surface area contributed by atoms with E-state index in [0.29, 0.717) is 22.8 Å². The summed E-state index contributed by atoms with van der Waals surface area (Å²) in [6.45, 7) is 0. The Bertz CT molecular complexity index is 1880. The maximum Gasteiger partial charge on any atom is 2.00 e. The molecule has 0 amide bonds. The van der Waals surface area contributed by atoms with Crippen LogP contribution in [0.25, 0.3) is 33.2 Å². The summed E-state index contributed by atoms with van der Waals surface area (Å²) < 4.78 is 14.6. The van der Waals surface area contributed by atoms with Crippen LogP contribution in [0.4, 0.5) is 17.2 Å². The fraction of sp³-hybridized carbons (Fsp3) is 0.0303. The first-order chi connectivity index (χ1) is 19.2. The van der Waals surface area contributed by atoms with Crippen molar-refractivity contribution in [2.75, 3.05) is 4.90 Å². The molecule has 0 saturated carbocycles. The molecule has 0 spiro atoms. The molecule has 0 aliphatic rings. The minimum absolute atomic E-state index is 0. The summed E-state index contributed by atoms with van der Waals surface area (Å²) >= 11 is 0. The number of anilines is 3. The van der Waals surface area contributed by atoms with Gasteiger partial charge in [0.05, 0.1) is 0 Å². The van der Waals surface area contributed by atoms with E-state index >= 15 is 0 Å². The van der Waals surface area contributed by atoms with Crippen LogP contribution in [0.2, 0.25) is 0 Å². The molecule has 0 bridgehead atoms. The number of benzene rings is 4. The molecule has 0 N–H and O–H groups in total. The van der Waals surface area contributed by atoms with E-state index in [1.807, 2.05) is 115 Å². The van der Waals surface area contributed by atoms with Crippen molar-refractivity contribution in [3.8, 4) is 22.8 Å². The maximum atomic E-state index is 6.42. The van der Waals surface area contributed by atoms with E-state index < -0.39 is 0 Å². The van der Waals surface area contributed by atoms with Gasteiger partial charge in [0.25, 0.3) is 0 Å². The van der Waals surface area contributed by atoms with Crippen molar-refractivity contribution in [1.82, 2.24) is 14.8 Å². The first kappa shape index (κ1) is 25.6. The molecule has 6 nitrogen and oxygen atoms in total. The summed E-state index contributed by atoms with van der Waals surface area (Å²) in [5.74, 6) is 1.84. The number of hydrogen-bond donors (Lipinski definition) is 0. The van der Waals surface area contributed by atoms with Crippen LogP contribution in [0, 0.1) is 12.1 Å². The molecule has 0 radical (unpaired) electrons. The quantitative estimate of drug-likeness (QED) is 0.164. The van der Waals surface area contributed by atoms with Gasteiger partial charge in [-0.05, 0) is 36.0 Å². The fourth-order valence-corrected chi connectivity index (χ4v) is 4.71. The first-order valence-electron chi connectivity index (χ1n) is 12.6. The molecule has 4 aromatic carbocycles. The third kappa shape index (κ3) is 4.78. The number of rotatable bonds is 6. The molecule has 0 fully saturated rings. The molecule has 7 heteroatoms. The Hall–Kier alpha value is -4.67. The predicted octanol–water partition coefficient (Wildman–Crippen LogP) is 8.24. The standard InChI is InChI=1S/C33H22N4O2.Pt/c1-36-19-17-29(35-36)23-10-9-13-25(20-23)38-26-21-28-27-14-5-6-15-31(27)39-33(28)30(22-26)37(24-11-3-2-4-12-24)32-16-7-8-18-34-32;/h2-19,21H,1H3;/q-2;+2. The van der Waals surface area contributed by atoms with E-state index in [2.05, 4.69) is 28.3 Å². The van der Waals surface area contributed by atoms with Crippen LogP contribution in [0.1, 0.15) is 0 Å². The third-order valence-corrected chi connectivity index (χ3v) is 6.46. The predicted molar refractivity (Wildman–Crippen MR) is 153 cm³/mol. The summed E-state index contributed by atoms with van der Waals surface area (Å²) in [5, 5.41) is 6.41. The molecule has 3 aromatic heterocycles. The van der Waals surface area contributed by atoms with Crippen molar-refractivity contribution >= 4 is 39.1 Å². The zero-order valence-corrected chi connectivity index (χ0v) is 23.7. The van der Waals surface area contributed by atoms with Crippen LogP contribution in [0.3, 0.4) is 0 Å². The van der Waals surface area contributed by atoms with Crippen molar-refractivity contribution in [2.24, 2.45) is 7.05 Å². The number of hydrogen-bond acceptors (Lipinski definition) is 5. The molecule has 40 heavy (non-hydrogen) atoms. The second kappa shape index (κ2) is 10.8. The Balaban J connectivity index is 0.00000289. The topological polar surface area (TPSA) is 56.3 Å². The van der Waals surface area contributed by atoms with Crippen molar-refractivity contribution in [3.05, 3.63) is 128 Å². The monoisotopic (exact) mass is 701 g/mol. The SMILES string of the molecule is Cn1ccc(-c2[c-]c(Oc3[c-]c(N(c4ccccc4)c4ccccn4)c4oc5ccccc5c4c3)ccc2)n1.[Pt+2]. The largest absolute Gasteiger partial charge is 2.00 e. The number of fused-ring (bicyclic) bond motifs is 3. The number of aromatic nitrogens is 3. The van der Waals surface area contributed by atoms with Gasteiger partial charge in [0.15, 0.2) is 0 Å². The third-order valence-electron chi connectivity index (χ3n) is 6.46. The van der Waals surface area contributed by atoms with Gasteiger partial charge in [-0.15, -0.1) is 35.9 Å². The number of furan rings is 1. The van der Waals surface area contributed by atoms with Crippen LogP contribution in [0.15, 0.2) is 120 Å². The van der Waals surface area contributed by atoms with E-state index in [1.165, 1.54) is 0 Å². The van der Waals surface area contributed by atoms with Crippen molar-refractivity contribution in [2.45, 2.75) is 0 Å². The van der Waals surface area contributed by atoms with Gasteiger partial charge in [0.1, 0.15) is 11.4 Å². The van der Waals surface area contributed by atoms with E-state index in [9.17, 15) is 0 Å². The normalized spacial score (nSPS) is 10.9. The Morgan fingerprint density at radius 2 is 1.62 bits per heavy atom. The number of nitrogens with zero attached hydrogens (tertiary/aromatic N) is 4. The number of pyridine rings is 1. The smallest absolute Gasteiger partial charge is 0.513 e. The molecule has 0 atom stereocenters. The summed E-state index contributed by atoms with van der Waals surface area (Å²) in [5.41, 5.74) is 4.79. The minimum Gasteiger partial charge on any atom is -0.513 e. The molecular weight excluding hydrogens is 679 g/mol. The van der Waals surface area contributed by atoms with E-state index in [1.54, 1.807) is 10.9 Å². The summed E-state index contributed by atoms with van der Waals surface area (Å²) in [4.78, 5) is 6.70. The van der Waals surface area contributed by atoms with Crippen LogP contribution in [-0.2, 0) is 28.1 Å². The van der Waals surface area contributed by atoms with Crippen LogP contribution in [-0.4, -0.2) is 14.8 Å². The molecule has 7 aromatic rings. The number of ether oxygens (including phenoxy) is 1. The average molecular weight is 702 g/mol. The molecule has 3 heterocycles. The molecular formula is C33H22N4O2Pt. The first-order valence-corrected chi connectivity index (χ1v) is 12.6. The van der Waals surface area contributed by atoms with Crippen molar-refractivity contribution < 1.29 is 30.2 Å². The molecule has 0 unspecified atom stereocenters. The van der Waals surface area contributed by atoms with Crippen LogP contribution >= 0.6 is 0 Å². The molecule has 196 valence electrons.